The summed E-state index contributed by atoms with van der Waals surface area (Å²) in [6.45, 7) is 2.01. The maximum Gasteiger partial charge on any atom is 0.265 e. The molecule has 1 aliphatic carbocycles. The van der Waals surface area contributed by atoms with Gasteiger partial charge in [0.15, 0.2) is 6.61 Å². The lowest BCUT2D eigenvalue weighted by atomic mass is 9.89. The van der Waals surface area contributed by atoms with Crippen LogP contribution in [0.1, 0.15) is 29.3 Å². The number of thiophene rings is 1. The van der Waals surface area contributed by atoms with Crippen molar-refractivity contribution in [3.8, 4) is 11.8 Å². The van der Waals surface area contributed by atoms with Gasteiger partial charge >= 0.3 is 0 Å². The number of anilines is 2. The lowest BCUT2D eigenvalue weighted by molar-refractivity contribution is -0.123. The highest BCUT2D eigenvalue weighted by Crippen LogP contribution is 2.39. The van der Waals surface area contributed by atoms with Crippen LogP contribution in [0.5, 0.6) is 5.75 Å². The molecule has 1 atom stereocenters. The van der Waals surface area contributed by atoms with Crippen molar-refractivity contribution >= 4 is 33.8 Å². The van der Waals surface area contributed by atoms with E-state index in [4.69, 9.17) is 4.74 Å². The Hall–Kier alpha value is -2.85. The van der Waals surface area contributed by atoms with Crippen LogP contribution in [-0.4, -0.2) is 25.0 Å². The number of carbonyl (C=O) groups excluding carboxylic acids is 2. The minimum atomic E-state index is -0.316. The molecule has 7 heteroatoms. The second-order valence-electron chi connectivity index (χ2n) is 6.95. The summed E-state index contributed by atoms with van der Waals surface area (Å²) in [6.07, 6.45) is 2.88. The number of hydrogen-bond donors (Lipinski definition) is 1. The lowest BCUT2D eigenvalue weighted by Crippen LogP contribution is -2.43. The van der Waals surface area contributed by atoms with Crippen LogP contribution >= 0.6 is 11.3 Å². The van der Waals surface area contributed by atoms with Crippen LogP contribution in [0.4, 0.5) is 10.7 Å². The molecule has 0 saturated heterocycles. The third-order valence-electron chi connectivity index (χ3n) is 4.99. The lowest BCUT2D eigenvalue weighted by Gasteiger charge is -2.28. The zero-order chi connectivity index (χ0) is 19.0. The first-order valence-electron chi connectivity index (χ1n) is 8.93. The molecule has 27 heavy (non-hydrogen) atoms. The van der Waals surface area contributed by atoms with E-state index in [2.05, 4.69) is 18.3 Å². The van der Waals surface area contributed by atoms with Gasteiger partial charge in [0.1, 0.15) is 23.4 Å². The largest absolute Gasteiger partial charge is 0.482 e. The van der Waals surface area contributed by atoms with Crippen LogP contribution < -0.4 is 15.0 Å². The van der Waals surface area contributed by atoms with Crippen molar-refractivity contribution in [1.29, 1.82) is 5.26 Å². The fourth-order valence-electron chi connectivity index (χ4n) is 3.59. The highest BCUT2D eigenvalue weighted by Gasteiger charge is 2.28. The minimum Gasteiger partial charge on any atom is -0.482 e. The van der Waals surface area contributed by atoms with E-state index in [1.165, 1.54) is 21.1 Å². The van der Waals surface area contributed by atoms with Crippen molar-refractivity contribution in [1.82, 2.24) is 0 Å². The zero-order valence-electron chi connectivity index (χ0n) is 14.9. The topological polar surface area (TPSA) is 82.4 Å². The van der Waals surface area contributed by atoms with Crippen molar-refractivity contribution in [2.45, 2.75) is 26.2 Å². The van der Waals surface area contributed by atoms with E-state index in [1.807, 2.05) is 6.07 Å². The molecule has 2 amide bonds. The normalized spacial score (nSPS) is 18.1. The zero-order valence-corrected chi connectivity index (χ0v) is 15.8. The highest BCUT2D eigenvalue weighted by molar-refractivity contribution is 7.16. The molecule has 1 aliphatic heterocycles. The first-order chi connectivity index (χ1) is 13.1. The predicted molar refractivity (Wildman–Crippen MR) is 103 cm³/mol. The minimum absolute atomic E-state index is 0.0844. The summed E-state index contributed by atoms with van der Waals surface area (Å²) in [4.78, 5) is 27.5. The Kier molecular flexibility index (Phi) is 4.58. The smallest absolute Gasteiger partial charge is 0.265 e. The van der Waals surface area contributed by atoms with Crippen LogP contribution in [0, 0.1) is 17.2 Å². The van der Waals surface area contributed by atoms with Crippen molar-refractivity contribution in [2.24, 2.45) is 5.92 Å². The van der Waals surface area contributed by atoms with Gasteiger partial charge in [-0.15, -0.1) is 11.3 Å². The fourth-order valence-corrected chi connectivity index (χ4v) is 4.97. The van der Waals surface area contributed by atoms with Gasteiger partial charge in [0.2, 0.25) is 5.91 Å². The molecule has 2 aliphatic rings. The average Bonchev–Trinajstić information content (AvgIpc) is 2.99. The summed E-state index contributed by atoms with van der Waals surface area (Å²) < 4.78 is 5.40. The average molecular weight is 381 g/mol. The molecule has 1 N–H and O–H groups in total. The number of rotatable bonds is 3. The van der Waals surface area contributed by atoms with E-state index in [9.17, 15) is 14.9 Å². The van der Waals surface area contributed by atoms with Crippen LogP contribution in [0.2, 0.25) is 0 Å². The maximum atomic E-state index is 12.6. The van der Waals surface area contributed by atoms with E-state index >= 15 is 0 Å². The molecular formula is C20H19N3O3S. The Balaban J connectivity index is 1.54. The Labute approximate surface area is 161 Å². The monoisotopic (exact) mass is 381 g/mol. The van der Waals surface area contributed by atoms with E-state index in [-0.39, 0.29) is 25.0 Å². The van der Waals surface area contributed by atoms with Crippen LogP contribution in [0.25, 0.3) is 0 Å². The SMILES string of the molecule is CC1CCc2c(sc(NC(=O)CN3C(=O)COc4ccccc43)c2C#N)C1. The Morgan fingerprint density at radius 3 is 3.07 bits per heavy atom. The molecule has 2 aromatic rings. The summed E-state index contributed by atoms with van der Waals surface area (Å²) in [5.41, 5.74) is 2.23. The van der Waals surface area contributed by atoms with Gasteiger partial charge in [-0.05, 0) is 42.9 Å². The van der Waals surface area contributed by atoms with Gasteiger partial charge in [-0.25, -0.2) is 0 Å². The third-order valence-corrected chi connectivity index (χ3v) is 6.16. The number of nitriles is 1. The number of fused-ring (bicyclic) bond motifs is 2. The Bertz CT molecular complexity index is 960. The fraction of sp³-hybridized carbons (Fsp3) is 0.350. The molecular weight excluding hydrogens is 362 g/mol. The number of carbonyl (C=O) groups is 2. The Morgan fingerprint density at radius 1 is 1.44 bits per heavy atom. The summed E-state index contributed by atoms with van der Waals surface area (Å²) in [5, 5.41) is 13.0. The first-order valence-corrected chi connectivity index (χ1v) is 9.75. The van der Waals surface area contributed by atoms with E-state index < -0.39 is 0 Å². The number of para-hydroxylation sites is 2. The predicted octanol–water partition coefficient (Wildman–Crippen LogP) is 3.11. The quantitative estimate of drug-likeness (QED) is 0.886. The highest BCUT2D eigenvalue weighted by atomic mass is 32.1. The maximum absolute atomic E-state index is 12.6. The number of nitrogens with zero attached hydrogens (tertiary/aromatic N) is 2. The molecule has 0 saturated carbocycles. The van der Waals surface area contributed by atoms with Gasteiger partial charge in [-0.2, -0.15) is 5.26 Å². The number of benzene rings is 1. The van der Waals surface area contributed by atoms with Gasteiger partial charge in [0.05, 0.1) is 11.3 Å². The van der Waals surface area contributed by atoms with Gasteiger partial charge in [0, 0.05) is 4.88 Å². The Morgan fingerprint density at radius 2 is 2.26 bits per heavy atom. The molecule has 0 bridgehead atoms. The van der Waals surface area contributed by atoms with Crippen LogP contribution in [0.3, 0.4) is 0 Å². The van der Waals surface area contributed by atoms with Gasteiger partial charge < -0.3 is 10.1 Å². The van der Waals surface area contributed by atoms with Crippen LogP contribution in [-0.2, 0) is 22.4 Å². The molecule has 1 aromatic heterocycles. The van der Waals surface area contributed by atoms with Crippen molar-refractivity contribution in [3.05, 3.63) is 40.3 Å². The van der Waals surface area contributed by atoms with E-state index in [0.29, 0.717) is 27.9 Å². The molecule has 0 radical (unpaired) electrons. The molecule has 1 aromatic carbocycles. The summed E-state index contributed by atoms with van der Waals surface area (Å²) in [6, 6.07) is 9.40. The second-order valence-corrected chi connectivity index (χ2v) is 8.06. The second kappa shape index (κ2) is 7.05. The van der Waals surface area contributed by atoms with Gasteiger partial charge in [0.25, 0.3) is 5.91 Å². The van der Waals surface area contributed by atoms with E-state index in [0.717, 1.165) is 24.8 Å². The van der Waals surface area contributed by atoms with Crippen molar-refractivity contribution in [2.75, 3.05) is 23.4 Å². The number of ether oxygens (including phenoxy) is 1. The van der Waals surface area contributed by atoms with E-state index in [1.54, 1.807) is 18.2 Å². The number of hydrogen-bond acceptors (Lipinski definition) is 5. The van der Waals surface area contributed by atoms with Gasteiger partial charge in [-0.3, -0.25) is 14.5 Å². The van der Waals surface area contributed by atoms with Gasteiger partial charge in [-0.1, -0.05) is 19.1 Å². The van der Waals surface area contributed by atoms with Crippen molar-refractivity contribution in [3.63, 3.8) is 0 Å². The number of nitrogens with one attached hydrogen (secondary N) is 1. The molecule has 138 valence electrons. The molecule has 6 nitrogen and oxygen atoms in total. The van der Waals surface area contributed by atoms with Crippen molar-refractivity contribution < 1.29 is 14.3 Å². The van der Waals surface area contributed by atoms with Crippen LogP contribution in [0.15, 0.2) is 24.3 Å². The molecule has 0 fully saturated rings. The standard InChI is InChI=1S/C20H19N3O3S/c1-12-6-7-13-14(9-21)20(27-17(13)8-12)22-18(24)10-23-15-4-2-3-5-16(15)26-11-19(23)25/h2-5,12H,6-8,10-11H2,1H3,(H,22,24). The third kappa shape index (κ3) is 3.28. The molecule has 2 heterocycles. The molecule has 0 spiro atoms. The summed E-state index contributed by atoms with van der Waals surface area (Å²) >= 11 is 1.48. The molecule has 1 unspecified atom stereocenters. The summed E-state index contributed by atoms with van der Waals surface area (Å²) in [5.74, 6) is 0.601. The number of amides is 2. The molecule has 4 rings (SSSR count). The summed E-state index contributed by atoms with van der Waals surface area (Å²) in [7, 11) is 0. The first kappa shape index (κ1) is 17.6.